The molecule has 0 aliphatic rings. The Kier molecular flexibility index (Phi) is 4.52. The summed E-state index contributed by atoms with van der Waals surface area (Å²) in [5, 5.41) is 2.75. The lowest BCUT2D eigenvalue weighted by Gasteiger charge is -2.10. The number of benzene rings is 2. The fourth-order valence-corrected chi connectivity index (χ4v) is 2.79. The standard InChI is InChI=1S/C19H20N4O2/c1-12(2)23-11-21-16-9-13(7-8-17(16)23)10-18(24)22-15-6-4-3-5-14(15)19(20)25/h3-9,11-12H,10H2,1-2H3,(H2,20,25)(H,22,24). The molecule has 25 heavy (non-hydrogen) atoms. The third-order valence-corrected chi connectivity index (χ3v) is 4.03. The molecular weight excluding hydrogens is 316 g/mol. The number of nitrogens with zero attached hydrogens (tertiary/aromatic N) is 2. The Morgan fingerprint density at radius 3 is 2.68 bits per heavy atom. The van der Waals surface area contributed by atoms with E-state index in [0.717, 1.165) is 16.6 Å². The van der Waals surface area contributed by atoms with E-state index < -0.39 is 5.91 Å². The summed E-state index contributed by atoms with van der Waals surface area (Å²) in [4.78, 5) is 28.1. The van der Waals surface area contributed by atoms with Crippen LogP contribution in [0.4, 0.5) is 5.69 Å². The Hall–Kier alpha value is -3.15. The summed E-state index contributed by atoms with van der Waals surface area (Å²) in [5.74, 6) is -0.784. The molecule has 3 aromatic rings. The van der Waals surface area contributed by atoms with Crippen LogP contribution in [0.25, 0.3) is 11.0 Å². The molecule has 0 fully saturated rings. The number of carbonyl (C=O) groups is 2. The number of rotatable bonds is 5. The van der Waals surface area contributed by atoms with E-state index in [0.29, 0.717) is 17.3 Å². The number of hydrogen-bond donors (Lipinski definition) is 2. The summed E-state index contributed by atoms with van der Waals surface area (Å²) in [7, 11) is 0. The Morgan fingerprint density at radius 1 is 1.20 bits per heavy atom. The molecule has 0 atom stereocenters. The molecule has 0 saturated carbocycles. The van der Waals surface area contributed by atoms with E-state index >= 15 is 0 Å². The van der Waals surface area contributed by atoms with Crippen LogP contribution in [0.3, 0.4) is 0 Å². The highest BCUT2D eigenvalue weighted by atomic mass is 16.2. The van der Waals surface area contributed by atoms with Crippen LogP contribution in [0, 0.1) is 0 Å². The number of para-hydroxylation sites is 1. The molecular formula is C19H20N4O2. The zero-order valence-corrected chi connectivity index (χ0v) is 14.2. The van der Waals surface area contributed by atoms with E-state index in [1.807, 2.05) is 24.5 Å². The van der Waals surface area contributed by atoms with Gasteiger partial charge in [-0.25, -0.2) is 4.98 Å². The van der Waals surface area contributed by atoms with E-state index in [1.54, 1.807) is 24.3 Å². The monoisotopic (exact) mass is 336 g/mol. The first kappa shape index (κ1) is 16.7. The Bertz CT molecular complexity index is 944. The first-order chi connectivity index (χ1) is 12.0. The molecule has 0 saturated heterocycles. The van der Waals surface area contributed by atoms with Gasteiger partial charge in [0.25, 0.3) is 5.91 Å². The molecule has 0 radical (unpaired) electrons. The summed E-state index contributed by atoms with van der Waals surface area (Å²) < 4.78 is 2.09. The van der Waals surface area contributed by atoms with Crippen molar-refractivity contribution in [3.8, 4) is 0 Å². The van der Waals surface area contributed by atoms with Crippen LogP contribution in [0.5, 0.6) is 0 Å². The summed E-state index contributed by atoms with van der Waals surface area (Å²) in [6.07, 6.45) is 2.00. The predicted octanol–water partition coefficient (Wildman–Crippen LogP) is 2.90. The predicted molar refractivity (Wildman–Crippen MR) is 97.4 cm³/mol. The van der Waals surface area contributed by atoms with E-state index in [2.05, 4.69) is 28.7 Å². The third kappa shape index (κ3) is 3.52. The van der Waals surface area contributed by atoms with Gasteiger partial charge < -0.3 is 15.6 Å². The van der Waals surface area contributed by atoms with Gasteiger partial charge in [0.1, 0.15) is 0 Å². The molecule has 3 N–H and O–H groups in total. The van der Waals surface area contributed by atoms with Gasteiger partial charge in [0.05, 0.1) is 35.0 Å². The second-order valence-corrected chi connectivity index (χ2v) is 6.20. The molecule has 6 heteroatoms. The molecule has 2 aromatic carbocycles. The second-order valence-electron chi connectivity index (χ2n) is 6.20. The maximum Gasteiger partial charge on any atom is 0.250 e. The molecule has 0 aliphatic carbocycles. The van der Waals surface area contributed by atoms with E-state index in [9.17, 15) is 9.59 Å². The quantitative estimate of drug-likeness (QED) is 0.750. The van der Waals surface area contributed by atoms with Crippen LogP contribution in [-0.4, -0.2) is 21.4 Å². The third-order valence-electron chi connectivity index (χ3n) is 4.03. The average Bonchev–Trinajstić information content (AvgIpc) is 2.98. The van der Waals surface area contributed by atoms with Crippen molar-refractivity contribution in [3.63, 3.8) is 0 Å². The van der Waals surface area contributed by atoms with Crippen LogP contribution < -0.4 is 11.1 Å². The summed E-state index contributed by atoms with van der Waals surface area (Å²) in [6.45, 7) is 4.19. The van der Waals surface area contributed by atoms with Gasteiger partial charge >= 0.3 is 0 Å². The number of anilines is 1. The van der Waals surface area contributed by atoms with E-state index in [1.165, 1.54) is 0 Å². The molecule has 0 spiro atoms. The zero-order chi connectivity index (χ0) is 18.0. The first-order valence-electron chi connectivity index (χ1n) is 8.10. The minimum atomic E-state index is -0.573. The van der Waals surface area contributed by atoms with Crippen molar-refractivity contribution in [2.24, 2.45) is 5.73 Å². The molecule has 1 heterocycles. The van der Waals surface area contributed by atoms with Gasteiger partial charge in [-0.15, -0.1) is 0 Å². The van der Waals surface area contributed by atoms with Crippen molar-refractivity contribution in [1.29, 1.82) is 0 Å². The second kappa shape index (κ2) is 6.76. The van der Waals surface area contributed by atoms with Crippen molar-refractivity contribution in [1.82, 2.24) is 9.55 Å². The van der Waals surface area contributed by atoms with Crippen LogP contribution in [0.1, 0.15) is 35.8 Å². The molecule has 2 amide bonds. The molecule has 3 rings (SSSR count). The number of fused-ring (bicyclic) bond motifs is 1. The average molecular weight is 336 g/mol. The number of nitrogens with two attached hydrogens (primary N) is 1. The van der Waals surface area contributed by atoms with Crippen molar-refractivity contribution in [2.75, 3.05) is 5.32 Å². The number of amides is 2. The highest BCUT2D eigenvalue weighted by Gasteiger charge is 2.12. The topological polar surface area (TPSA) is 90.0 Å². The van der Waals surface area contributed by atoms with Gasteiger partial charge in [0.2, 0.25) is 5.91 Å². The summed E-state index contributed by atoms with van der Waals surface area (Å²) in [6, 6.07) is 12.8. The minimum Gasteiger partial charge on any atom is -0.366 e. The fraction of sp³-hybridized carbons (Fsp3) is 0.211. The lowest BCUT2D eigenvalue weighted by atomic mass is 10.1. The highest BCUT2D eigenvalue weighted by Crippen LogP contribution is 2.20. The lowest BCUT2D eigenvalue weighted by Crippen LogP contribution is -2.19. The van der Waals surface area contributed by atoms with Gasteiger partial charge in [0.15, 0.2) is 0 Å². The lowest BCUT2D eigenvalue weighted by molar-refractivity contribution is -0.115. The Balaban J connectivity index is 1.77. The fourth-order valence-electron chi connectivity index (χ4n) is 2.79. The highest BCUT2D eigenvalue weighted by molar-refractivity contribution is 6.03. The SMILES string of the molecule is CC(C)n1cnc2cc(CC(=O)Nc3ccccc3C(N)=O)ccc21. The smallest absolute Gasteiger partial charge is 0.250 e. The van der Waals surface area contributed by atoms with Crippen molar-refractivity contribution in [3.05, 3.63) is 59.9 Å². The van der Waals surface area contributed by atoms with Gasteiger partial charge in [-0.1, -0.05) is 18.2 Å². The maximum absolute atomic E-state index is 12.3. The van der Waals surface area contributed by atoms with Gasteiger partial charge in [-0.3, -0.25) is 9.59 Å². The number of hydrogen-bond acceptors (Lipinski definition) is 3. The Morgan fingerprint density at radius 2 is 1.96 bits per heavy atom. The molecule has 128 valence electrons. The zero-order valence-electron chi connectivity index (χ0n) is 14.2. The van der Waals surface area contributed by atoms with Crippen molar-refractivity contribution < 1.29 is 9.59 Å². The van der Waals surface area contributed by atoms with Gasteiger partial charge in [0, 0.05) is 6.04 Å². The van der Waals surface area contributed by atoms with Crippen LogP contribution in [0.2, 0.25) is 0 Å². The van der Waals surface area contributed by atoms with E-state index in [4.69, 9.17) is 5.73 Å². The first-order valence-corrected chi connectivity index (χ1v) is 8.10. The number of primary amides is 1. The normalized spacial score (nSPS) is 11.0. The largest absolute Gasteiger partial charge is 0.366 e. The summed E-state index contributed by atoms with van der Waals surface area (Å²) in [5.41, 5.74) is 8.80. The molecule has 0 unspecified atom stereocenters. The summed E-state index contributed by atoms with van der Waals surface area (Å²) >= 11 is 0. The number of carbonyl (C=O) groups excluding carboxylic acids is 2. The van der Waals surface area contributed by atoms with Crippen molar-refractivity contribution >= 4 is 28.5 Å². The molecule has 0 aliphatic heterocycles. The van der Waals surface area contributed by atoms with Gasteiger partial charge in [-0.05, 0) is 43.7 Å². The van der Waals surface area contributed by atoms with Crippen LogP contribution in [0.15, 0.2) is 48.8 Å². The van der Waals surface area contributed by atoms with Crippen molar-refractivity contribution in [2.45, 2.75) is 26.3 Å². The van der Waals surface area contributed by atoms with Crippen LogP contribution in [-0.2, 0) is 11.2 Å². The molecule has 0 bridgehead atoms. The van der Waals surface area contributed by atoms with Gasteiger partial charge in [-0.2, -0.15) is 0 Å². The molecule has 6 nitrogen and oxygen atoms in total. The number of imidazole rings is 1. The Labute approximate surface area is 145 Å². The maximum atomic E-state index is 12.3. The van der Waals surface area contributed by atoms with E-state index in [-0.39, 0.29) is 12.3 Å². The molecule has 1 aromatic heterocycles. The minimum absolute atomic E-state index is 0.192. The van der Waals surface area contributed by atoms with Crippen LogP contribution >= 0.6 is 0 Å². The number of aromatic nitrogens is 2. The number of nitrogens with one attached hydrogen (secondary N) is 1.